The van der Waals surface area contributed by atoms with Gasteiger partial charge in [-0.2, -0.15) is 5.26 Å². The van der Waals surface area contributed by atoms with Gasteiger partial charge in [0.1, 0.15) is 22.8 Å². The molecule has 1 aliphatic heterocycles. The second-order valence-corrected chi connectivity index (χ2v) is 7.73. The third-order valence-corrected chi connectivity index (χ3v) is 6.19. The predicted molar refractivity (Wildman–Crippen MR) is 115 cm³/mol. The number of methoxy groups -OCH3 is 2. The highest BCUT2D eigenvalue weighted by Gasteiger charge is 2.41. The van der Waals surface area contributed by atoms with Crippen molar-refractivity contribution in [2.45, 2.75) is 4.90 Å². The molecule has 11 heteroatoms. The first kappa shape index (κ1) is 21.2. The van der Waals surface area contributed by atoms with E-state index in [9.17, 15) is 24.4 Å². The lowest BCUT2D eigenvalue weighted by molar-refractivity contribution is -0.135. The summed E-state index contributed by atoms with van der Waals surface area (Å²) in [6, 6.07) is 4.87. The molecule has 0 aromatic carbocycles. The zero-order valence-electron chi connectivity index (χ0n) is 17.4. The summed E-state index contributed by atoms with van der Waals surface area (Å²) in [4.78, 5) is 52.1. The molecule has 162 valence electrons. The Morgan fingerprint density at radius 1 is 1.06 bits per heavy atom. The molecule has 0 spiro atoms. The summed E-state index contributed by atoms with van der Waals surface area (Å²) in [5, 5.41) is 9.60. The number of nitrogens with zero attached hydrogens (tertiary/aromatic N) is 3. The van der Waals surface area contributed by atoms with Crippen molar-refractivity contribution in [2.75, 3.05) is 33.3 Å². The number of carbonyl (C=O) groups is 4. The Labute approximate surface area is 185 Å². The van der Waals surface area contributed by atoms with Crippen LogP contribution in [0.1, 0.15) is 26.3 Å². The normalized spacial score (nSPS) is 14.0. The van der Waals surface area contributed by atoms with Gasteiger partial charge in [0.05, 0.1) is 36.3 Å². The molecule has 2 amide bonds. The Hall–Kier alpha value is -4.04. The molecule has 4 rings (SSSR count). The number of imide groups is 1. The van der Waals surface area contributed by atoms with Crippen molar-refractivity contribution in [3.8, 4) is 6.07 Å². The summed E-state index contributed by atoms with van der Waals surface area (Å²) in [5.41, 5.74) is 7.06. The molecule has 4 heterocycles. The number of ether oxygens (including phenoxy) is 2. The van der Waals surface area contributed by atoms with Crippen LogP contribution < -0.4 is 5.73 Å². The number of likely N-dealkylation sites (N-methyl/N-ethyl adjacent to an activating group) is 1. The van der Waals surface area contributed by atoms with Crippen LogP contribution in [0.25, 0.3) is 22.1 Å². The Morgan fingerprint density at radius 3 is 2.22 bits per heavy atom. The highest BCUT2D eigenvalue weighted by atomic mass is 32.2. The highest BCUT2D eigenvalue weighted by Crippen LogP contribution is 2.46. The molecular weight excluding hydrogens is 436 g/mol. The van der Waals surface area contributed by atoms with Gasteiger partial charge in [-0.15, -0.1) is 11.8 Å². The molecule has 0 atom stereocenters. The maximum atomic E-state index is 13.0. The fourth-order valence-corrected chi connectivity index (χ4v) is 4.86. The number of rotatable bonds is 4. The first-order chi connectivity index (χ1) is 15.2. The monoisotopic (exact) mass is 452 g/mol. The lowest BCUT2D eigenvalue weighted by atomic mass is 10.0. The number of hydrogen-bond donors (Lipinski definition) is 1. The molecule has 0 fully saturated rings. The molecule has 2 N–H and O–H groups in total. The van der Waals surface area contributed by atoms with E-state index in [0.29, 0.717) is 15.9 Å². The summed E-state index contributed by atoms with van der Waals surface area (Å²) >= 11 is 1.19. The standard InChI is InChI=1S/C21H16N4O6S/c1-24-18(26)9(7-22)12(19(24)27)13-10-5-8(23)6-11-14(20(28)30-2)15(21(29)31-3)16(25(10)11)17(13)32-4/h5-6H,23H2,1-4H3. The SMILES string of the molecule is COC(=O)c1c(C(=O)OC)c2c(SC)c(C3=C(C#N)C(=O)N(C)C3=O)c3cc(N)cc1n32. The lowest BCUT2D eigenvalue weighted by Crippen LogP contribution is -2.26. The minimum Gasteiger partial charge on any atom is -0.465 e. The Bertz CT molecular complexity index is 1440. The number of aromatic nitrogens is 1. The molecular formula is C21H16N4O6S. The molecule has 0 aliphatic carbocycles. The average Bonchev–Trinajstić information content (AvgIpc) is 3.35. The van der Waals surface area contributed by atoms with E-state index in [1.165, 1.54) is 39.1 Å². The molecule has 1 aliphatic rings. The topological polar surface area (TPSA) is 144 Å². The number of esters is 2. The van der Waals surface area contributed by atoms with Crippen LogP contribution in [0.2, 0.25) is 0 Å². The first-order valence-corrected chi connectivity index (χ1v) is 10.4. The summed E-state index contributed by atoms with van der Waals surface area (Å²) in [6.45, 7) is 0. The fourth-order valence-electron chi connectivity index (χ4n) is 4.06. The number of nitriles is 1. The minimum atomic E-state index is -0.790. The van der Waals surface area contributed by atoms with E-state index in [1.807, 2.05) is 6.07 Å². The molecule has 0 unspecified atom stereocenters. The lowest BCUT2D eigenvalue weighted by Gasteiger charge is -2.09. The Balaban J connectivity index is 2.29. The van der Waals surface area contributed by atoms with E-state index in [4.69, 9.17) is 15.2 Å². The van der Waals surface area contributed by atoms with Gasteiger partial charge in [0, 0.05) is 23.2 Å². The smallest absolute Gasteiger partial charge is 0.341 e. The van der Waals surface area contributed by atoms with Crippen molar-refractivity contribution in [3.05, 3.63) is 34.4 Å². The van der Waals surface area contributed by atoms with Gasteiger partial charge in [-0.1, -0.05) is 0 Å². The molecule has 10 nitrogen and oxygen atoms in total. The van der Waals surface area contributed by atoms with Gasteiger partial charge in [0.15, 0.2) is 0 Å². The molecule has 3 aromatic rings. The average molecular weight is 452 g/mol. The van der Waals surface area contributed by atoms with Gasteiger partial charge in [0.2, 0.25) is 0 Å². The molecule has 32 heavy (non-hydrogen) atoms. The Kier molecular flexibility index (Phi) is 4.82. The van der Waals surface area contributed by atoms with Crippen molar-refractivity contribution in [1.29, 1.82) is 5.26 Å². The molecule has 0 radical (unpaired) electrons. The number of nitrogen functional groups attached to an aromatic ring is 1. The van der Waals surface area contributed by atoms with Gasteiger partial charge in [-0.05, 0) is 18.4 Å². The Morgan fingerprint density at radius 2 is 1.66 bits per heavy atom. The van der Waals surface area contributed by atoms with Gasteiger partial charge in [0.25, 0.3) is 11.8 Å². The van der Waals surface area contributed by atoms with Crippen molar-refractivity contribution in [1.82, 2.24) is 9.30 Å². The third kappa shape index (κ3) is 2.53. The van der Waals surface area contributed by atoms with Crippen LogP contribution in [0.15, 0.2) is 22.6 Å². The van der Waals surface area contributed by atoms with E-state index < -0.39 is 23.8 Å². The largest absolute Gasteiger partial charge is 0.465 e. The fraction of sp³-hybridized carbons (Fsp3) is 0.190. The van der Waals surface area contributed by atoms with E-state index in [1.54, 1.807) is 16.7 Å². The van der Waals surface area contributed by atoms with E-state index in [2.05, 4.69) is 0 Å². The zero-order valence-corrected chi connectivity index (χ0v) is 18.2. The maximum absolute atomic E-state index is 13.0. The quantitative estimate of drug-likeness (QED) is 0.355. The number of nitrogens with two attached hydrogens (primary N) is 1. The van der Waals surface area contributed by atoms with Crippen molar-refractivity contribution >= 4 is 63.3 Å². The van der Waals surface area contributed by atoms with Crippen molar-refractivity contribution in [3.63, 3.8) is 0 Å². The van der Waals surface area contributed by atoms with E-state index in [-0.39, 0.29) is 39.0 Å². The van der Waals surface area contributed by atoms with Crippen molar-refractivity contribution in [2.24, 2.45) is 0 Å². The van der Waals surface area contributed by atoms with E-state index in [0.717, 1.165) is 4.90 Å². The van der Waals surface area contributed by atoms with Crippen molar-refractivity contribution < 1.29 is 28.7 Å². The number of pyridine rings is 1. The minimum absolute atomic E-state index is 0.0334. The van der Waals surface area contributed by atoms with Crippen LogP contribution in [0.5, 0.6) is 0 Å². The second kappa shape index (κ2) is 7.28. The van der Waals surface area contributed by atoms with Gasteiger partial charge in [-0.3, -0.25) is 14.5 Å². The summed E-state index contributed by atoms with van der Waals surface area (Å²) in [6.07, 6.45) is 1.71. The zero-order chi connectivity index (χ0) is 23.5. The number of thioether (sulfide) groups is 1. The second-order valence-electron chi connectivity index (χ2n) is 6.92. The third-order valence-electron chi connectivity index (χ3n) is 5.39. The predicted octanol–water partition coefficient (Wildman–Crippen LogP) is 1.68. The van der Waals surface area contributed by atoms with Crippen LogP contribution >= 0.6 is 11.8 Å². The highest BCUT2D eigenvalue weighted by molar-refractivity contribution is 7.99. The number of anilines is 1. The van der Waals surface area contributed by atoms with Crippen LogP contribution in [0.3, 0.4) is 0 Å². The summed E-state index contributed by atoms with van der Waals surface area (Å²) in [5.74, 6) is -2.93. The van der Waals surface area contributed by atoms with E-state index >= 15 is 0 Å². The molecule has 0 bridgehead atoms. The van der Waals surface area contributed by atoms with Crippen LogP contribution in [-0.2, 0) is 19.1 Å². The molecule has 0 saturated carbocycles. The maximum Gasteiger partial charge on any atom is 0.341 e. The first-order valence-electron chi connectivity index (χ1n) is 9.14. The van der Waals surface area contributed by atoms with Crippen LogP contribution in [0, 0.1) is 11.3 Å². The van der Waals surface area contributed by atoms with Gasteiger partial charge < -0.3 is 19.6 Å². The number of hydrogen-bond acceptors (Lipinski definition) is 9. The van der Waals surface area contributed by atoms with Gasteiger partial charge >= 0.3 is 11.9 Å². The van der Waals surface area contributed by atoms with Crippen LogP contribution in [0.4, 0.5) is 5.69 Å². The summed E-state index contributed by atoms with van der Waals surface area (Å²) in [7, 11) is 3.65. The number of amides is 2. The number of carbonyl (C=O) groups excluding carboxylic acids is 4. The van der Waals surface area contributed by atoms with Crippen LogP contribution in [-0.4, -0.2) is 60.6 Å². The van der Waals surface area contributed by atoms with Gasteiger partial charge in [-0.25, -0.2) is 9.59 Å². The molecule has 0 saturated heterocycles. The summed E-state index contributed by atoms with van der Waals surface area (Å²) < 4.78 is 11.4. The molecule has 3 aromatic heterocycles.